The van der Waals surface area contributed by atoms with Crippen molar-refractivity contribution in [2.45, 2.75) is 218 Å². The summed E-state index contributed by atoms with van der Waals surface area (Å²) in [6.07, 6.45) is 63.7. The number of carbonyl (C=O) groups is 1. The first kappa shape index (κ1) is 62.6. The first-order chi connectivity index (χ1) is 33.4. The molecule has 1 aliphatic heterocycles. The molecule has 0 amide bonds. The molecule has 9 heteroatoms. The van der Waals surface area contributed by atoms with Crippen molar-refractivity contribution in [3.8, 4) is 0 Å². The van der Waals surface area contributed by atoms with E-state index in [0.29, 0.717) is 6.61 Å². The zero-order chi connectivity index (χ0) is 49.2. The number of allylic oxidation sites excluding steroid dienone is 20. The molecular formula is C59H96O9. The molecule has 0 aliphatic carbocycles. The molecule has 1 fully saturated rings. The van der Waals surface area contributed by atoms with Crippen LogP contribution in [-0.2, 0) is 23.7 Å². The second-order valence-corrected chi connectivity index (χ2v) is 17.6. The van der Waals surface area contributed by atoms with Gasteiger partial charge in [-0.2, -0.15) is 0 Å². The number of hydrogen-bond donors (Lipinski definition) is 4. The van der Waals surface area contributed by atoms with Gasteiger partial charge in [-0.05, 0) is 109 Å². The summed E-state index contributed by atoms with van der Waals surface area (Å²) in [6.45, 7) is 4.29. The van der Waals surface area contributed by atoms with Gasteiger partial charge in [0, 0.05) is 13.0 Å². The van der Waals surface area contributed by atoms with Gasteiger partial charge in [-0.15, -0.1) is 0 Å². The van der Waals surface area contributed by atoms with Crippen molar-refractivity contribution in [3.63, 3.8) is 0 Å². The van der Waals surface area contributed by atoms with Gasteiger partial charge in [-0.25, -0.2) is 0 Å². The van der Waals surface area contributed by atoms with Crippen LogP contribution < -0.4 is 0 Å². The maximum atomic E-state index is 12.9. The Bertz CT molecular complexity index is 1450. The number of unbranched alkanes of at least 4 members (excludes halogenated alkanes) is 13. The molecule has 0 bridgehead atoms. The topological polar surface area (TPSA) is 135 Å². The van der Waals surface area contributed by atoms with Crippen molar-refractivity contribution in [1.82, 2.24) is 0 Å². The number of esters is 1. The largest absolute Gasteiger partial charge is 0.457 e. The third-order valence-corrected chi connectivity index (χ3v) is 11.4. The summed E-state index contributed by atoms with van der Waals surface area (Å²) in [4.78, 5) is 12.9. The first-order valence-electron chi connectivity index (χ1n) is 26.6. The standard InChI is InChI=1S/C59H96O9/c1-3-5-7-9-11-13-15-17-19-21-23-25-26-27-29-31-33-35-37-39-41-43-45-47-49-65-51-53(52-66-59-58(64)57(63)56(62)54(50-60)68-59)67-55(61)48-46-44-42-40-38-36-34-32-30-28-24-22-20-18-16-14-12-10-8-6-4-2/h5,7,11,13,16-19,22-25,27,29-30,32-33,35,39,41,53-54,56-60,62-64H,3-4,6,8-10,12,14-15,20-21,26,28,31,34,36-38,40,42-52H2,1-2H3/b7-5-,13-11-,18-16-,19-17-,24-22-,25-23-,29-27-,32-30-,35-33-,41-39-. The van der Waals surface area contributed by atoms with E-state index in [2.05, 4.69) is 135 Å². The highest BCUT2D eigenvalue weighted by Crippen LogP contribution is 2.22. The molecule has 9 nitrogen and oxygen atoms in total. The van der Waals surface area contributed by atoms with Crippen LogP contribution in [0.1, 0.15) is 181 Å². The van der Waals surface area contributed by atoms with Crippen molar-refractivity contribution in [2.75, 3.05) is 26.4 Å². The Morgan fingerprint density at radius 3 is 1.35 bits per heavy atom. The Kier molecular flexibility index (Phi) is 44.8. The second kappa shape index (κ2) is 48.6. The number of rotatable bonds is 44. The second-order valence-electron chi connectivity index (χ2n) is 17.6. The van der Waals surface area contributed by atoms with E-state index >= 15 is 0 Å². The summed E-state index contributed by atoms with van der Waals surface area (Å²) in [5, 5.41) is 40.3. The molecule has 0 radical (unpaired) electrons. The molecule has 0 saturated carbocycles. The van der Waals surface area contributed by atoms with Gasteiger partial charge in [0.2, 0.25) is 0 Å². The average molecular weight is 949 g/mol. The summed E-state index contributed by atoms with van der Waals surface area (Å²) >= 11 is 0. The minimum absolute atomic E-state index is 0.100. The Morgan fingerprint density at radius 2 is 0.897 bits per heavy atom. The van der Waals surface area contributed by atoms with Gasteiger partial charge in [-0.3, -0.25) is 4.79 Å². The quantitative estimate of drug-likeness (QED) is 0.0267. The van der Waals surface area contributed by atoms with E-state index in [1.807, 2.05) is 0 Å². The minimum Gasteiger partial charge on any atom is -0.457 e. The third-order valence-electron chi connectivity index (χ3n) is 11.4. The van der Waals surface area contributed by atoms with E-state index < -0.39 is 43.4 Å². The molecule has 0 spiro atoms. The van der Waals surface area contributed by atoms with Gasteiger partial charge >= 0.3 is 5.97 Å². The molecular weight excluding hydrogens is 853 g/mol. The van der Waals surface area contributed by atoms with E-state index in [0.717, 1.165) is 109 Å². The number of ether oxygens (including phenoxy) is 4. The van der Waals surface area contributed by atoms with Crippen LogP contribution in [0.4, 0.5) is 0 Å². The molecule has 1 heterocycles. The van der Waals surface area contributed by atoms with Crippen LogP contribution in [0.3, 0.4) is 0 Å². The van der Waals surface area contributed by atoms with Crippen molar-refractivity contribution < 1.29 is 44.2 Å². The zero-order valence-electron chi connectivity index (χ0n) is 42.6. The average Bonchev–Trinajstić information content (AvgIpc) is 3.34. The molecule has 0 aromatic heterocycles. The predicted octanol–water partition coefficient (Wildman–Crippen LogP) is 13.5. The minimum atomic E-state index is -1.56. The molecule has 6 unspecified atom stereocenters. The van der Waals surface area contributed by atoms with E-state index in [-0.39, 0.29) is 25.6 Å². The highest BCUT2D eigenvalue weighted by molar-refractivity contribution is 5.69. The molecule has 6 atom stereocenters. The molecule has 0 aromatic rings. The van der Waals surface area contributed by atoms with Gasteiger partial charge in [0.1, 0.15) is 30.5 Å². The zero-order valence-corrected chi connectivity index (χ0v) is 42.6. The smallest absolute Gasteiger partial charge is 0.306 e. The summed E-state index contributed by atoms with van der Waals surface area (Å²) in [5.41, 5.74) is 0. The lowest BCUT2D eigenvalue weighted by Crippen LogP contribution is -2.59. The molecule has 4 N–H and O–H groups in total. The highest BCUT2D eigenvalue weighted by Gasteiger charge is 2.44. The molecule has 0 aromatic carbocycles. The van der Waals surface area contributed by atoms with Crippen LogP contribution in [0.15, 0.2) is 122 Å². The fraction of sp³-hybridized carbons (Fsp3) is 0.644. The van der Waals surface area contributed by atoms with Crippen LogP contribution in [0, 0.1) is 0 Å². The molecule has 1 aliphatic rings. The van der Waals surface area contributed by atoms with Gasteiger partial charge in [0.15, 0.2) is 6.29 Å². The summed E-state index contributed by atoms with van der Waals surface area (Å²) < 4.78 is 22.8. The number of aliphatic hydroxyl groups excluding tert-OH is 4. The van der Waals surface area contributed by atoms with Gasteiger partial charge < -0.3 is 39.4 Å². The van der Waals surface area contributed by atoms with Crippen molar-refractivity contribution in [1.29, 1.82) is 0 Å². The Morgan fingerprint density at radius 1 is 0.485 bits per heavy atom. The normalized spacial score (nSPS) is 20.1. The molecule has 1 rings (SSSR count). The fourth-order valence-corrected chi connectivity index (χ4v) is 7.24. The lowest BCUT2D eigenvalue weighted by molar-refractivity contribution is -0.305. The summed E-state index contributed by atoms with van der Waals surface area (Å²) in [7, 11) is 0. The van der Waals surface area contributed by atoms with Crippen LogP contribution in [0.25, 0.3) is 0 Å². The van der Waals surface area contributed by atoms with Gasteiger partial charge in [0.25, 0.3) is 0 Å². The number of aliphatic hydroxyl groups is 4. The van der Waals surface area contributed by atoms with Crippen molar-refractivity contribution in [2.24, 2.45) is 0 Å². The van der Waals surface area contributed by atoms with Crippen molar-refractivity contribution >= 4 is 5.97 Å². The van der Waals surface area contributed by atoms with Crippen LogP contribution in [0.2, 0.25) is 0 Å². The molecule has 68 heavy (non-hydrogen) atoms. The highest BCUT2D eigenvalue weighted by atomic mass is 16.7. The fourth-order valence-electron chi connectivity index (χ4n) is 7.24. The van der Waals surface area contributed by atoms with E-state index in [9.17, 15) is 25.2 Å². The Balaban J connectivity index is 2.27. The van der Waals surface area contributed by atoms with E-state index in [1.54, 1.807) is 0 Å². The number of hydrogen-bond acceptors (Lipinski definition) is 9. The van der Waals surface area contributed by atoms with Gasteiger partial charge in [-0.1, -0.05) is 187 Å². The van der Waals surface area contributed by atoms with E-state index in [1.165, 1.54) is 51.4 Å². The maximum absolute atomic E-state index is 12.9. The molecule has 1 saturated heterocycles. The third kappa shape index (κ3) is 38.4. The van der Waals surface area contributed by atoms with Gasteiger partial charge in [0.05, 0.1) is 19.8 Å². The first-order valence-corrected chi connectivity index (χ1v) is 26.6. The molecule has 386 valence electrons. The summed E-state index contributed by atoms with van der Waals surface area (Å²) in [5.74, 6) is -0.346. The number of carbonyl (C=O) groups excluding carboxylic acids is 1. The van der Waals surface area contributed by atoms with Crippen molar-refractivity contribution in [3.05, 3.63) is 122 Å². The Labute approximate surface area is 414 Å². The van der Waals surface area contributed by atoms with Crippen LogP contribution >= 0.6 is 0 Å². The SMILES string of the molecule is CC/C=C\C/C=C\C/C=C\C/C=C\C/C=C\C/C=C\C/C=C\CCCCOCC(COC1OC(CO)C(O)C(O)C1O)OC(=O)CCCCCCCC/C=C\C/C=C\C/C=C\CCCCCCC. The van der Waals surface area contributed by atoms with E-state index in [4.69, 9.17) is 18.9 Å². The predicted molar refractivity (Wildman–Crippen MR) is 283 cm³/mol. The lowest BCUT2D eigenvalue weighted by Gasteiger charge is -2.39. The maximum Gasteiger partial charge on any atom is 0.306 e. The summed E-state index contributed by atoms with van der Waals surface area (Å²) in [6, 6.07) is 0. The Hall–Kier alpha value is -3.41. The van der Waals surface area contributed by atoms with Crippen LogP contribution in [-0.4, -0.2) is 89.6 Å². The van der Waals surface area contributed by atoms with Crippen LogP contribution in [0.5, 0.6) is 0 Å². The monoisotopic (exact) mass is 949 g/mol. The lowest BCUT2D eigenvalue weighted by atomic mass is 9.99.